The third-order valence-corrected chi connectivity index (χ3v) is 2.08. The van der Waals surface area contributed by atoms with Crippen molar-refractivity contribution in [3.05, 3.63) is 24.0 Å². The standard InChI is InChI=1S/C11H14N4O3/c1-12-9(16)7-15(2)11-13-5-8(6-14-11)3-4-10(17)18/h3-6H,7H2,1-2H3,(H,12,16)(H,17,18)/b4-3+. The molecule has 0 aliphatic carbocycles. The van der Waals surface area contributed by atoms with Gasteiger partial charge in [-0.2, -0.15) is 0 Å². The largest absolute Gasteiger partial charge is 0.478 e. The van der Waals surface area contributed by atoms with Crippen LogP contribution in [0.2, 0.25) is 0 Å². The SMILES string of the molecule is CNC(=O)CN(C)c1ncc(/C=C/C(=O)O)cn1. The number of carbonyl (C=O) groups is 2. The molecule has 96 valence electrons. The highest BCUT2D eigenvalue weighted by Crippen LogP contribution is 2.05. The number of carboxylic acid groups (broad SMARTS) is 1. The molecule has 0 radical (unpaired) electrons. The first-order valence-corrected chi connectivity index (χ1v) is 5.17. The van der Waals surface area contributed by atoms with Crippen LogP contribution in [0.3, 0.4) is 0 Å². The van der Waals surface area contributed by atoms with Gasteiger partial charge in [0.1, 0.15) is 0 Å². The molecule has 1 rings (SSSR count). The van der Waals surface area contributed by atoms with Crippen LogP contribution in [0.1, 0.15) is 5.56 Å². The van der Waals surface area contributed by atoms with Crippen LogP contribution in [0.4, 0.5) is 5.95 Å². The predicted molar refractivity (Wildman–Crippen MR) is 66.0 cm³/mol. The molecule has 0 saturated carbocycles. The second-order valence-corrected chi connectivity index (χ2v) is 3.52. The average molecular weight is 250 g/mol. The Kier molecular flexibility index (Phi) is 4.79. The number of aliphatic carboxylic acids is 1. The maximum Gasteiger partial charge on any atom is 0.328 e. The number of carboxylic acids is 1. The molecule has 0 fully saturated rings. The topological polar surface area (TPSA) is 95.4 Å². The molecule has 2 N–H and O–H groups in total. The minimum absolute atomic E-state index is 0.143. The predicted octanol–water partition coefficient (Wildman–Crippen LogP) is -0.243. The van der Waals surface area contributed by atoms with Crippen molar-refractivity contribution < 1.29 is 14.7 Å². The van der Waals surface area contributed by atoms with Crippen molar-refractivity contribution in [2.45, 2.75) is 0 Å². The Morgan fingerprint density at radius 1 is 1.44 bits per heavy atom. The van der Waals surface area contributed by atoms with Gasteiger partial charge in [-0.1, -0.05) is 0 Å². The number of likely N-dealkylation sites (N-methyl/N-ethyl adjacent to an activating group) is 2. The van der Waals surface area contributed by atoms with E-state index in [0.717, 1.165) is 6.08 Å². The summed E-state index contributed by atoms with van der Waals surface area (Å²) in [6.45, 7) is 0.154. The molecular weight excluding hydrogens is 236 g/mol. The molecule has 7 nitrogen and oxygen atoms in total. The van der Waals surface area contributed by atoms with Gasteiger partial charge in [0.15, 0.2) is 0 Å². The molecule has 0 aliphatic heterocycles. The quantitative estimate of drug-likeness (QED) is 0.700. The summed E-state index contributed by atoms with van der Waals surface area (Å²) in [5, 5.41) is 11.0. The molecule has 0 spiro atoms. The van der Waals surface area contributed by atoms with Gasteiger partial charge < -0.3 is 15.3 Å². The molecule has 0 unspecified atom stereocenters. The van der Waals surface area contributed by atoms with Crippen LogP contribution in [-0.2, 0) is 9.59 Å². The van der Waals surface area contributed by atoms with Crippen LogP contribution in [0, 0.1) is 0 Å². The molecule has 0 bridgehead atoms. The number of anilines is 1. The smallest absolute Gasteiger partial charge is 0.328 e. The summed E-state index contributed by atoms with van der Waals surface area (Å²) >= 11 is 0. The Balaban J connectivity index is 2.70. The lowest BCUT2D eigenvalue weighted by Gasteiger charge is -2.15. The number of nitrogens with zero attached hydrogens (tertiary/aromatic N) is 3. The van der Waals surface area contributed by atoms with E-state index >= 15 is 0 Å². The summed E-state index contributed by atoms with van der Waals surface area (Å²) in [6.07, 6.45) is 5.38. The van der Waals surface area contributed by atoms with Crippen LogP contribution in [0.25, 0.3) is 6.08 Å². The van der Waals surface area contributed by atoms with Gasteiger partial charge in [0, 0.05) is 38.1 Å². The van der Waals surface area contributed by atoms with Gasteiger partial charge in [0.05, 0.1) is 6.54 Å². The summed E-state index contributed by atoms with van der Waals surface area (Å²) in [5.74, 6) is -0.780. The van der Waals surface area contributed by atoms with E-state index in [-0.39, 0.29) is 12.5 Å². The lowest BCUT2D eigenvalue weighted by atomic mass is 10.3. The monoisotopic (exact) mass is 250 g/mol. The van der Waals surface area contributed by atoms with E-state index in [1.807, 2.05) is 0 Å². The summed E-state index contributed by atoms with van der Waals surface area (Å²) in [4.78, 5) is 31.1. The Morgan fingerprint density at radius 3 is 2.56 bits per heavy atom. The van der Waals surface area contributed by atoms with Crippen molar-refractivity contribution in [2.24, 2.45) is 0 Å². The van der Waals surface area contributed by atoms with Crippen LogP contribution < -0.4 is 10.2 Å². The Hall–Kier alpha value is -2.44. The van der Waals surface area contributed by atoms with E-state index in [9.17, 15) is 9.59 Å². The van der Waals surface area contributed by atoms with Gasteiger partial charge >= 0.3 is 5.97 Å². The number of aromatic nitrogens is 2. The van der Waals surface area contributed by atoms with Gasteiger partial charge in [-0.15, -0.1) is 0 Å². The normalized spacial score (nSPS) is 10.3. The molecule has 0 atom stereocenters. The lowest BCUT2D eigenvalue weighted by molar-refractivity contribution is -0.131. The Labute approximate surface area is 104 Å². The van der Waals surface area contributed by atoms with E-state index in [1.54, 1.807) is 19.0 Å². The van der Waals surface area contributed by atoms with Crippen molar-refractivity contribution in [3.63, 3.8) is 0 Å². The average Bonchev–Trinajstić information content (AvgIpc) is 2.36. The molecule has 1 aromatic heterocycles. The molecule has 1 aromatic rings. The summed E-state index contributed by atoms with van der Waals surface area (Å²) in [6, 6.07) is 0. The zero-order valence-electron chi connectivity index (χ0n) is 10.1. The van der Waals surface area contributed by atoms with Gasteiger partial charge in [-0.3, -0.25) is 4.79 Å². The van der Waals surface area contributed by atoms with Crippen LogP contribution in [0.15, 0.2) is 18.5 Å². The van der Waals surface area contributed by atoms with Crippen molar-refractivity contribution in [1.82, 2.24) is 15.3 Å². The van der Waals surface area contributed by atoms with Crippen molar-refractivity contribution in [2.75, 3.05) is 25.5 Å². The summed E-state index contributed by atoms with van der Waals surface area (Å²) in [7, 11) is 3.24. The molecular formula is C11H14N4O3. The number of hydrogen-bond acceptors (Lipinski definition) is 5. The van der Waals surface area contributed by atoms with E-state index in [2.05, 4.69) is 15.3 Å². The van der Waals surface area contributed by atoms with Crippen LogP contribution in [0.5, 0.6) is 0 Å². The minimum atomic E-state index is -1.03. The van der Waals surface area contributed by atoms with Crippen molar-refractivity contribution in [1.29, 1.82) is 0 Å². The first-order chi connectivity index (χ1) is 8.52. The van der Waals surface area contributed by atoms with E-state index < -0.39 is 5.97 Å². The highest BCUT2D eigenvalue weighted by Gasteiger charge is 2.07. The lowest BCUT2D eigenvalue weighted by Crippen LogP contribution is -2.33. The second-order valence-electron chi connectivity index (χ2n) is 3.52. The number of hydrogen-bond donors (Lipinski definition) is 2. The fraction of sp³-hybridized carbons (Fsp3) is 0.273. The number of carbonyl (C=O) groups excluding carboxylic acids is 1. The first kappa shape index (κ1) is 13.6. The molecule has 1 heterocycles. The molecule has 0 aromatic carbocycles. The molecule has 7 heteroatoms. The van der Waals surface area contributed by atoms with Crippen molar-refractivity contribution >= 4 is 23.9 Å². The maximum absolute atomic E-state index is 11.2. The van der Waals surface area contributed by atoms with Gasteiger partial charge in [-0.25, -0.2) is 14.8 Å². The highest BCUT2D eigenvalue weighted by molar-refractivity contribution is 5.85. The second kappa shape index (κ2) is 6.33. The van der Waals surface area contributed by atoms with Gasteiger partial charge in [0.2, 0.25) is 11.9 Å². The third kappa shape index (κ3) is 4.20. The molecule has 1 amide bonds. The molecule has 18 heavy (non-hydrogen) atoms. The summed E-state index contributed by atoms with van der Waals surface area (Å²) in [5.41, 5.74) is 0.578. The van der Waals surface area contributed by atoms with Gasteiger partial charge in [-0.05, 0) is 6.08 Å². The fourth-order valence-electron chi connectivity index (χ4n) is 1.15. The van der Waals surface area contributed by atoms with E-state index in [0.29, 0.717) is 11.5 Å². The third-order valence-electron chi connectivity index (χ3n) is 2.08. The first-order valence-electron chi connectivity index (χ1n) is 5.17. The maximum atomic E-state index is 11.2. The summed E-state index contributed by atoms with van der Waals surface area (Å²) < 4.78 is 0. The van der Waals surface area contributed by atoms with E-state index in [1.165, 1.54) is 18.5 Å². The molecule has 0 saturated heterocycles. The number of amides is 1. The Morgan fingerprint density at radius 2 is 2.06 bits per heavy atom. The fourth-order valence-corrected chi connectivity index (χ4v) is 1.15. The minimum Gasteiger partial charge on any atom is -0.478 e. The number of rotatable bonds is 5. The highest BCUT2D eigenvalue weighted by atomic mass is 16.4. The Bertz CT molecular complexity index is 456. The molecule has 0 aliphatic rings. The zero-order chi connectivity index (χ0) is 13.5. The van der Waals surface area contributed by atoms with Gasteiger partial charge in [0.25, 0.3) is 0 Å². The van der Waals surface area contributed by atoms with Crippen molar-refractivity contribution in [3.8, 4) is 0 Å². The van der Waals surface area contributed by atoms with Crippen LogP contribution >= 0.6 is 0 Å². The number of nitrogens with one attached hydrogen (secondary N) is 1. The zero-order valence-corrected chi connectivity index (χ0v) is 10.1. The van der Waals surface area contributed by atoms with Crippen LogP contribution in [-0.4, -0.2) is 47.6 Å². The van der Waals surface area contributed by atoms with E-state index in [4.69, 9.17) is 5.11 Å².